The number of rotatable bonds is 5. The first-order valence-corrected chi connectivity index (χ1v) is 8.45. The topological polar surface area (TPSA) is 98.7 Å². The number of nitrogens with two attached hydrogens (primary N) is 1. The lowest BCUT2D eigenvalue weighted by molar-refractivity contribution is 0.0944. The second-order valence-electron chi connectivity index (χ2n) is 6.53. The third-order valence-electron chi connectivity index (χ3n) is 4.67. The fraction of sp³-hybridized carbons (Fsp3) is 0.333. The van der Waals surface area contributed by atoms with Crippen molar-refractivity contribution in [2.45, 2.75) is 25.8 Å². The molecule has 1 aromatic carbocycles. The van der Waals surface area contributed by atoms with E-state index in [0.29, 0.717) is 23.9 Å². The van der Waals surface area contributed by atoms with Crippen molar-refractivity contribution < 1.29 is 4.79 Å². The van der Waals surface area contributed by atoms with E-state index in [1.54, 1.807) is 10.9 Å². The van der Waals surface area contributed by atoms with E-state index in [2.05, 4.69) is 20.6 Å². The molecule has 144 valence electrons. The largest absolute Gasteiger partial charge is 0.349 e. The molecule has 0 spiro atoms. The number of nitrogens with zero attached hydrogens (tertiary/aromatic N) is 4. The molecule has 1 amide bonds. The molecule has 1 saturated carbocycles. The highest BCUT2D eigenvalue weighted by Gasteiger charge is 2.29. The van der Waals surface area contributed by atoms with Gasteiger partial charge in [0.25, 0.3) is 5.91 Å². The van der Waals surface area contributed by atoms with E-state index in [4.69, 9.17) is 5.73 Å². The minimum absolute atomic E-state index is 0. The van der Waals surface area contributed by atoms with Gasteiger partial charge in [-0.15, -0.1) is 29.9 Å². The zero-order valence-electron chi connectivity index (χ0n) is 14.8. The number of carbonyl (C=O) groups is 1. The van der Waals surface area contributed by atoms with Gasteiger partial charge in [-0.05, 0) is 49.9 Å². The molecular formula is C18H22Cl2N6O. The summed E-state index contributed by atoms with van der Waals surface area (Å²) < 4.78 is 1.67. The third kappa shape index (κ3) is 4.37. The molecule has 0 radical (unpaired) electrons. The second kappa shape index (κ2) is 8.65. The molecule has 1 aliphatic carbocycles. The number of hydrogen-bond acceptors (Lipinski definition) is 5. The van der Waals surface area contributed by atoms with E-state index in [1.165, 1.54) is 0 Å². The monoisotopic (exact) mass is 408 g/mol. The minimum Gasteiger partial charge on any atom is -0.349 e. The van der Waals surface area contributed by atoms with Crippen LogP contribution in [0.1, 0.15) is 29.0 Å². The normalized spacial score (nSPS) is 14.1. The van der Waals surface area contributed by atoms with Crippen molar-refractivity contribution in [3.63, 3.8) is 0 Å². The first-order valence-electron chi connectivity index (χ1n) is 8.45. The van der Waals surface area contributed by atoms with Crippen LogP contribution in [0.25, 0.3) is 16.6 Å². The standard InChI is InChI=1S/C18H20N6O.2ClH/c1-11-17(18(25)21-10-15(19)12-4-5-12)22-23-24(11)14-6-7-16-13(9-14)3-2-8-20-16;;/h2-3,6-9,12,15H,4-5,10,19H2,1H3,(H,21,25);2*1H. The Balaban J connectivity index is 0.00000131. The summed E-state index contributed by atoms with van der Waals surface area (Å²) in [6.45, 7) is 2.31. The van der Waals surface area contributed by atoms with Crippen LogP contribution in [-0.4, -0.2) is 38.5 Å². The number of nitrogens with one attached hydrogen (secondary N) is 1. The molecule has 1 atom stereocenters. The maximum absolute atomic E-state index is 12.4. The molecule has 1 aliphatic rings. The Hall–Kier alpha value is -2.22. The summed E-state index contributed by atoms with van der Waals surface area (Å²) in [4.78, 5) is 16.7. The van der Waals surface area contributed by atoms with E-state index in [0.717, 1.165) is 29.4 Å². The van der Waals surface area contributed by atoms with Gasteiger partial charge in [-0.2, -0.15) is 0 Å². The molecule has 1 unspecified atom stereocenters. The lowest BCUT2D eigenvalue weighted by atomic mass is 10.2. The molecule has 0 bridgehead atoms. The fourth-order valence-corrected chi connectivity index (χ4v) is 2.96. The molecule has 0 saturated heterocycles. The van der Waals surface area contributed by atoms with Crippen molar-refractivity contribution >= 4 is 41.6 Å². The van der Waals surface area contributed by atoms with E-state index in [9.17, 15) is 4.79 Å². The van der Waals surface area contributed by atoms with Gasteiger partial charge in [0, 0.05) is 24.2 Å². The maximum atomic E-state index is 12.4. The van der Waals surface area contributed by atoms with Gasteiger partial charge in [0.1, 0.15) is 0 Å². The van der Waals surface area contributed by atoms with E-state index >= 15 is 0 Å². The van der Waals surface area contributed by atoms with Crippen molar-refractivity contribution in [1.29, 1.82) is 0 Å². The highest BCUT2D eigenvalue weighted by atomic mass is 35.5. The quantitative estimate of drug-likeness (QED) is 0.675. The molecule has 7 nitrogen and oxygen atoms in total. The third-order valence-corrected chi connectivity index (χ3v) is 4.67. The molecule has 3 N–H and O–H groups in total. The van der Waals surface area contributed by atoms with Gasteiger partial charge >= 0.3 is 0 Å². The van der Waals surface area contributed by atoms with Crippen LogP contribution < -0.4 is 11.1 Å². The van der Waals surface area contributed by atoms with Gasteiger partial charge in [-0.25, -0.2) is 4.68 Å². The number of halogens is 2. The van der Waals surface area contributed by atoms with Crippen LogP contribution in [0, 0.1) is 12.8 Å². The highest BCUT2D eigenvalue weighted by Crippen LogP contribution is 2.31. The van der Waals surface area contributed by atoms with Crippen LogP contribution in [0.3, 0.4) is 0 Å². The molecule has 2 aromatic heterocycles. The van der Waals surface area contributed by atoms with Crippen LogP contribution in [-0.2, 0) is 0 Å². The van der Waals surface area contributed by atoms with Crippen LogP contribution in [0.2, 0.25) is 0 Å². The lowest BCUT2D eigenvalue weighted by Crippen LogP contribution is -2.38. The number of carbonyl (C=O) groups excluding carboxylic acids is 1. The Labute approximate surface area is 169 Å². The van der Waals surface area contributed by atoms with E-state index in [-0.39, 0.29) is 36.8 Å². The average Bonchev–Trinajstić information content (AvgIpc) is 3.41. The molecule has 9 heteroatoms. The number of fused-ring (bicyclic) bond motifs is 1. The first kappa shape index (κ1) is 21.1. The summed E-state index contributed by atoms with van der Waals surface area (Å²) >= 11 is 0. The Bertz CT molecular complexity index is 941. The zero-order valence-corrected chi connectivity index (χ0v) is 16.5. The van der Waals surface area contributed by atoms with E-state index < -0.39 is 0 Å². The first-order chi connectivity index (χ1) is 12.1. The van der Waals surface area contributed by atoms with Crippen molar-refractivity contribution in [3.05, 3.63) is 47.9 Å². The van der Waals surface area contributed by atoms with Gasteiger partial charge in [-0.1, -0.05) is 11.3 Å². The van der Waals surface area contributed by atoms with Gasteiger partial charge in [0.05, 0.1) is 16.9 Å². The minimum atomic E-state index is -0.234. The molecule has 3 aromatic rings. The predicted molar refractivity (Wildman–Crippen MR) is 109 cm³/mol. The molecule has 2 heterocycles. The predicted octanol–water partition coefficient (Wildman–Crippen LogP) is 2.43. The number of pyridine rings is 1. The summed E-state index contributed by atoms with van der Waals surface area (Å²) in [5.41, 5.74) is 8.81. The SMILES string of the molecule is Cc1c(C(=O)NCC(N)C2CC2)nnn1-c1ccc2ncccc2c1.Cl.Cl. The van der Waals surface area contributed by atoms with Crippen LogP contribution >= 0.6 is 24.8 Å². The maximum Gasteiger partial charge on any atom is 0.273 e. The summed E-state index contributed by atoms with van der Waals surface area (Å²) in [7, 11) is 0. The highest BCUT2D eigenvalue weighted by molar-refractivity contribution is 5.93. The number of hydrogen-bond donors (Lipinski definition) is 2. The van der Waals surface area contributed by atoms with Gasteiger partial charge in [0.15, 0.2) is 5.69 Å². The van der Waals surface area contributed by atoms with Crippen molar-refractivity contribution in [2.75, 3.05) is 6.54 Å². The molecule has 4 rings (SSSR count). The Morgan fingerprint density at radius 1 is 1.33 bits per heavy atom. The van der Waals surface area contributed by atoms with Crippen molar-refractivity contribution in [3.8, 4) is 5.69 Å². The lowest BCUT2D eigenvalue weighted by Gasteiger charge is -2.10. The van der Waals surface area contributed by atoms with Crippen molar-refractivity contribution in [1.82, 2.24) is 25.3 Å². The summed E-state index contributed by atoms with van der Waals surface area (Å²) in [5.74, 6) is 0.311. The Morgan fingerprint density at radius 3 is 2.85 bits per heavy atom. The molecular weight excluding hydrogens is 387 g/mol. The molecule has 27 heavy (non-hydrogen) atoms. The molecule has 1 fully saturated rings. The Kier molecular flexibility index (Phi) is 6.75. The van der Waals surface area contributed by atoms with Crippen LogP contribution in [0.4, 0.5) is 0 Å². The number of aromatic nitrogens is 4. The number of amides is 1. The van der Waals surface area contributed by atoms with Gasteiger partial charge < -0.3 is 11.1 Å². The Morgan fingerprint density at radius 2 is 2.11 bits per heavy atom. The molecule has 0 aliphatic heterocycles. The fourth-order valence-electron chi connectivity index (χ4n) is 2.96. The second-order valence-corrected chi connectivity index (χ2v) is 6.53. The smallest absolute Gasteiger partial charge is 0.273 e. The number of benzene rings is 1. The van der Waals surface area contributed by atoms with Gasteiger partial charge in [0.2, 0.25) is 0 Å². The van der Waals surface area contributed by atoms with Crippen molar-refractivity contribution in [2.24, 2.45) is 11.7 Å². The van der Waals surface area contributed by atoms with E-state index in [1.807, 2.05) is 37.3 Å². The zero-order chi connectivity index (χ0) is 17.4. The average molecular weight is 409 g/mol. The summed E-state index contributed by atoms with van der Waals surface area (Å²) in [6.07, 6.45) is 4.07. The van der Waals surface area contributed by atoms with Crippen LogP contribution in [0.5, 0.6) is 0 Å². The van der Waals surface area contributed by atoms with Gasteiger partial charge in [-0.3, -0.25) is 9.78 Å². The summed E-state index contributed by atoms with van der Waals surface area (Å²) in [6, 6.07) is 9.73. The summed E-state index contributed by atoms with van der Waals surface area (Å²) in [5, 5.41) is 12.1. The van der Waals surface area contributed by atoms with Crippen LogP contribution in [0.15, 0.2) is 36.5 Å².